The third-order valence-electron chi connectivity index (χ3n) is 4.45. The van der Waals surface area contributed by atoms with Crippen molar-refractivity contribution >= 4 is 22.2 Å². The Labute approximate surface area is 165 Å². The Hall–Kier alpha value is -4.20. The summed E-state index contributed by atoms with van der Waals surface area (Å²) in [5.41, 5.74) is 5.28. The molecule has 0 atom stereocenters. The molecular weight excluding hydrogens is 368 g/mol. The minimum Gasteiger partial charge on any atom is -0.422 e. The molecule has 29 heavy (non-hydrogen) atoms. The summed E-state index contributed by atoms with van der Waals surface area (Å²) in [5.74, 6) is 10.5. The Bertz CT molecular complexity index is 1390. The second kappa shape index (κ2) is 7.81. The van der Waals surface area contributed by atoms with E-state index in [1.54, 1.807) is 4.57 Å². The molecule has 0 aliphatic carbocycles. The molecule has 146 valence electrons. The van der Waals surface area contributed by atoms with E-state index in [0.29, 0.717) is 11.4 Å². The number of para-hydroxylation sites is 5. The first-order valence-corrected chi connectivity index (χ1v) is 8.91. The van der Waals surface area contributed by atoms with Gasteiger partial charge in [0.15, 0.2) is 11.2 Å². The van der Waals surface area contributed by atoms with Gasteiger partial charge in [0.25, 0.3) is 0 Å². The molecule has 0 fully saturated rings. The molecule has 0 saturated carbocycles. The van der Waals surface area contributed by atoms with Crippen molar-refractivity contribution in [3.8, 4) is 5.69 Å². The fraction of sp³-hybridized carbons (Fsp3) is 0.0476. The number of hydrogen-bond donors (Lipinski definition) is 2. The average molecular weight is 388 g/mol. The van der Waals surface area contributed by atoms with Crippen molar-refractivity contribution in [3.05, 3.63) is 90.2 Å². The van der Waals surface area contributed by atoms with Crippen LogP contribution in [0.4, 0.5) is 0 Å². The van der Waals surface area contributed by atoms with Gasteiger partial charge in [0.1, 0.15) is 0 Å². The molecule has 0 aliphatic rings. The standard InChI is InChI=1S/C13H11N3O.C8H9N3O/c14-15-13-16(10-6-2-1-3-7-10)11-8-4-5-9-12(11)17-13;1-11-6-4-2-3-5-7(6)12-8(11)10-9/h1-9H,14H2;2-5H,9H2,1H3. The highest BCUT2D eigenvalue weighted by Crippen LogP contribution is 2.16. The Kier molecular flexibility index (Phi) is 4.90. The van der Waals surface area contributed by atoms with Gasteiger partial charge in [0.05, 0.1) is 16.7 Å². The number of hydrogen-bond acceptors (Lipinski definition) is 6. The minimum absolute atomic E-state index is 0.386. The van der Waals surface area contributed by atoms with Crippen LogP contribution >= 0.6 is 0 Å². The van der Waals surface area contributed by atoms with Gasteiger partial charge in [0, 0.05) is 7.05 Å². The predicted octanol–water partition coefficient (Wildman–Crippen LogP) is 2.54. The van der Waals surface area contributed by atoms with Crippen molar-refractivity contribution in [1.82, 2.24) is 9.13 Å². The lowest BCUT2D eigenvalue weighted by atomic mass is 10.3. The van der Waals surface area contributed by atoms with E-state index in [2.05, 4.69) is 10.2 Å². The zero-order chi connectivity index (χ0) is 20.2. The summed E-state index contributed by atoms with van der Waals surface area (Å²) < 4.78 is 14.6. The van der Waals surface area contributed by atoms with Crippen LogP contribution < -0.4 is 23.1 Å². The largest absolute Gasteiger partial charge is 0.422 e. The third-order valence-corrected chi connectivity index (χ3v) is 4.45. The molecule has 5 rings (SSSR count). The van der Waals surface area contributed by atoms with E-state index in [4.69, 9.17) is 20.5 Å². The predicted molar refractivity (Wildman–Crippen MR) is 110 cm³/mol. The van der Waals surface area contributed by atoms with E-state index in [-0.39, 0.29) is 0 Å². The SMILES string of the molecule is Cn1c(=NN)oc2ccccc21.NN=c1oc2ccccc2n1-c1ccccc1. The van der Waals surface area contributed by atoms with Crippen LogP contribution in [0.15, 0.2) is 97.9 Å². The van der Waals surface area contributed by atoms with Gasteiger partial charge in [0.2, 0.25) is 0 Å². The summed E-state index contributed by atoms with van der Waals surface area (Å²) in [6, 6.07) is 25.3. The van der Waals surface area contributed by atoms with Gasteiger partial charge >= 0.3 is 11.4 Å². The first kappa shape index (κ1) is 18.2. The Balaban J connectivity index is 0.000000150. The van der Waals surface area contributed by atoms with Gasteiger partial charge in [-0.1, -0.05) is 42.5 Å². The first-order chi connectivity index (χ1) is 14.2. The highest BCUT2D eigenvalue weighted by molar-refractivity contribution is 5.74. The normalized spacial score (nSPS) is 12.3. The molecule has 3 aromatic carbocycles. The highest BCUT2D eigenvalue weighted by Gasteiger charge is 2.08. The number of aryl methyl sites for hydroxylation is 1. The van der Waals surface area contributed by atoms with Gasteiger partial charge in [-0.3, -0.25) is 9.13 Å². The smallest absolute Gasteiger partial charge is 0.323 e. The van der Waals surface area contributed by atoms with Crippen LogP contribution in [0.25, 0.3) is 27.9 Å². The second-order valence-electron chi connectivity index (χ2n) is 6.19. The molecule has 5 aromatic rings. The quantitative estimate of drug-likeness (QED) is 0.339. The number of benzene rings is 3. The maximum Gasteiger partial charge on any atom is 0.323 e. The van der Waals surface area contributed by atoms with E-state index in [1.807, 2.05) is 90.5 Å². The van der Waals surface area contributed by atoms with Gasteiger partial charge < -0.3 is 20.5 Å². The Morgan fingerprint density at radius 1 is 0.655 bits per heavy atom. The topological polar surface area (TPSA) is 113 Å². The van der Waals surface area contributed by atoms with Gasteiger partial charge in [-0.25, -0.2) is 0 Å². The Morgan fingerprint density at radius 3 is 1.79 bits per heavy atom. The average Bonchev–Trinajstić information content (AvgIpc) is 3.32. The summed E-state index contributed by atoms with van der Waals surface area (Å²) in [5, 5.41) is 7.18. The molecule has 0 saturated heterocycles. The van der Waals surface area contributed by atoms with Crippen molar-refractivity contribution in [1.29, 1.82) is 0 Å². The van der Waals surface area contributed by atoms with Crippen LogP contribution in [0.5, 0.6) is 0 Å². The van der Waals surface area contributed by atoms with E-state index in [1.165, 1.54) is 0 Å². The molecule has 2 heterocycles. The van der Waals surface area contributed by atoms with E-state index in [9.17, 15) is 0 Å². The van der Waals surface area contributed by atoms with Crippen LogP contribution in [0.3, 0.4) is 0 Å². The fourth-order valence-corrected chi connectivity index (χ4v) is 3.09. The highest BCUT2D eigenvalue weighted by atomic mass is 16.4. The molecule has 0 aliphatic heterocycles. The van der Waals surface area contributed by atoms with Crippen LogP contribution in [0, 0.1) is 0 Å². The van der Waals surface area contributed by atoms with Crippen molar-refractivity contribution < 1.29 is 8.83 Å². The van der Waals surface area contributed by atoms with Crippen molar-refractivity contribution in [2.45, 2.75) is 0 Å². The lowest BCUT2D eigenvalue weighted by molar-refractivity contribution is 0.501. The van der Waals surface area contributed by atoms with Crippen LogP contribution in [0.2, 0.25) is 0 Å². The summed E-state index contributed by atoms with van der Waals surface area (Å²) >= 11 is 0. The molecule has 0 spiro atoms. The van der Waals surface area contributed by atoms with Crippen LogP contribution in [0.1, 0.15) is 0 Å². The van der Waals surface area contributed by atoms with E-state index >= 15 is 0 Å². The number of aromatic nitrogens is 2. The maximum absolute atomic E-state index is 5.57. The summed E-state index contributed by atoms with van der Waals surface area (Å²) in [6.45, 7) is 0. The minimum atomic E-state index is 0.386. The number of fused-ring (bicyclic) bond motifs is 2. The number of nitrogens with zero attached hydrogens (tertiary/aromatic N) is 4. The van der Waals surface area contributed by atoms with Crippen molar-refractivity contribution in [2.24, 2.45) is 28.9 Å². The zero-order valence-corrected chi connectivity index (χ0v) is 15.8. The van der Waals surface area contributed by atoms with Crippen molar-refractivity contribution in [2.75, 3.05) is 0 Å². The summed E-state index contributed by atoms with van der Waals surface area (Å²) in [4.78, 5) is 0. The van der Waals surface area contributed by atoms with E-state index < -0.39 is 0 Å². The maximum atomic E-state index is 5.57. The van der Waals surface area contributed by atoms with Crippen molar-refractivity contribution in [3.63, 3.8) is 0 Å². The lowest BCUT2D eigenvalue weighted by Crippen LogP contribution is -2.16. The zero-order valence-electron chi connectivity index (χ0n) is 15.8. The molecule has 0 unspecified atom stereocenters. The molecule has 0 amide bonds. The number of oxazole rings is 2. The number of rotatable bonds is 1. The van der Waals surface area contributed by atoms with Crippen LogP contribution in [-0.2, 0) is 7.05 Å². The lowest BCUT2D eigenvalue weighted by Gasteiger charge is -2.01. The summed E-state index contributed by atoms with van der Waals surface area (Å²) in [7, 11) is 1.86. The molecular formula is C21H20N6O2. The molecule has 0 bridgehead atoms. The summed E-state index contributed by atoms with van der Waals surface area (Å²) in [6.07, 6.45) is 0. The molecule has 8 heteroatoms. The Morgan fingerprint density at radius 2 is 1.17 bits per heavy atom. The van der Waals surface area contributed by atoms with Gasteiger partial charge in [-0.05, 0) is 36.4 Å². The van der Waals surface area contributed by atoms with Gasteiger partial charge in [-0.2, -0.15) is 0 Å². The fourth-order valence-electron chi connectivity index (χ4n) is 3.09. The molecule has 2 aromatic heterocycles. The van der Waals surface area contributed by atoms with Gasteiger partial charge in [-0.15, -0.1) is 10.2 Å². The molecule has 4 N–H and O–H groups in total. The molecule has 8 nitrogen and oxygen atoms in total. The van der Waals surface area contributed by atoms with Crippen LogP contribution in [-0.4, -0.2) is 9.13 Å². The van der Waals surface area contributed by atoms with E-state index in [0.717, 1.165) is 27.9 Å². The second-order valence-corrected chi connectivity index (χ2v) is 6.19. The molecule has 0 radical (unpaired) electrons. The first-order valence-electron chi connectivity index (χ1n) is 8.91. The monoisotopic (exact) mass is 388 g/mol. The third kappa shape index (κ3) is 3.39. The number of nitrogens with two attached hydrogens (primary N) is 2.